The number of hydrogen-bond acceptors (Lipinski definition) is 6. The second kappa shape index (κ2) is 7.43. The van der Waals surface area contributed by atoms with E-state index in [4.69, 9.17) is 16.3 Å². The largest absolute Gasteiger partial charge is 0.378 e. The molecule has 4 rings (SSSR count). The third kappa shape index (κ3) is 3.56. The predicted octanol–water partition coefficient (Wildman–Crippen LogP) is 1.95. The maximum absolute atomic E-state index is 12.5. The van der Waals surface area contributed by atoms with Gasteiger partial charge in [-0.15, -0.1) is 0 Å². The van der Waals surface area contributed by atoms with Crippen LogP contribution in [-0.2, 0) is 17.7 Å². The summed E-state index contributed by atoms with van der Waals surface area (Å²) in [4.78, 5) is 29.4. The smallest absolute Gasteiger partial charge is 0.322 e. The van der Waals surface area contributed by atoms with Crippen molar-refractivity contribution in [3.8, 4) is 0 Å². The number of carbonyl (C=O) groups excluding carboxylic acids is 1. The van der Waals surface area contributed by atoms with Gasteiger partial charge in [0, 0.05) is 25.2 Å². The summed E-state index contributed by atoms with van der Waals surface area (Å²) in [5.41, 5.74) is 2.64. The number of halogens is 1. The molecule has 4 heterocycles. The predicted molar refractivity (Wildman–Crippen MR) is 97.4 cm³/mol. The minimum atomic E-state index is -0.175. The van der Waals surface area contributed by atoms with E-state index in [0.717, 1.165) is 36.6 Å². The first-order valence-electron chi connectivity index (χ1n) is 8.53. The summed E-state index contributed by atoms with van der Waals surface area (Å²) in [6.07, 6.45) is 3.85. The average molecular weight is 375 g/mol. The number of nitrogens with zero attached hydrogens (tertiary/aromatic N) is 5. The Bertz CT molecular complexity index is 794. The highest BCUT2D eigenvalue weighted by atomic mass is 35.5. The Kier molecular flexibility index (Phi) is 4.85. The molecule has 0 radical (unpaired) electrons. The van der Waals surface area contributed by atoms with Gasteiger partial charge in [-0.25, -0.2) is 19.7 Å². The summed E-state index contributed by atoms with van der Waals surface area (Å²) < 4.78 is 5.42. The van der Waals surface area contributed by atoms with Crippen LogP contribution in [0.3, 0.4) is 0 Å². The molecule has 0 saturated carbocycles. The van der Waals surface area contributed by atoms with Crippen molar-refractivity contribution in [2.24, 2.45) is 0 Å². The fourth-order valence-corrected chi connectivity index (χ4v) is 3.32. The van der Waals surface area contributed by atoms with Gasteiger partial charge < -0.3 is 19.9 Å². The van der Waals surface area contributed by atoms with Crippen molar-refractivity contribution in [1.29, 1.82) is 0 Å². The Morgan fingerprint density at radius 2 is 2.00 bits per heavy atom. The number of urea groups is 1. The van der Waals surface area contributed by atoms with Gasteiger partial charge in [0.15, 0.2) is 0 Å². The van der Waals surface area contributed by atoms with Crippen LogP contribution in [0.25, 0.3) is 0 Å². The second-order valence-corrected chi connectivity index (χ2v) is 6.58. The van der Waals surface area contributed by atoms with Gasteiger partial charge in [0.05, 0.1) is 37.3 Å². The zero-order chi connectivity index (χ0) is 17.9. The zero-order valence-electron chi connectivity index (χ0n) is 14.2. The van der Waals surface area contributed by atoms with Crippen molar-refractivity contribution in [3.05, 3.63) is 41.1 Å². The second-order valence-electron chi connectivity index (χ2n) is 6.19. The van der Waals surface area contributed by atoms with Crippen LogP contribution in [0, 0.1) is 0 Å². The van der Waals surface area contributed by atoms with Gasteiger partial charge in [0.25, 0.3) is 0 Å². The molecule has 1 fully saturated rings. The maximum Gasteiger partial charge on any atom is 0.322 e. The van der Waals surface area contributed by atoms with E-state index in [2.05, 4.69) is 25.2 Å². The van der Waals surface area contributed by atoms with Crippen molar-refractivity contribution in [3.63, 3.8) is 0 Å². The Labute approximate surface area is 156 Å². The minimum Gasteiger partial charge on any atom is -0.378 e. The molecule has 136 valence electrons. The number of anilines is 2. The van der Waals surface area contributed by atoms with Gasteiger partial charge in [-0.3, -0.25) is 0 Å². The summed E-state index contributed by atoms with van der Waals surface area (Å²) in [7, 11) is 0. The maximum atomic E-state index is 12.5. The Hall–Kier alpha value is -2.45. The van der Waals surface area contributed by atoms with Crippen LogP contribution in [-0.4, -0.2) is 58.7 Å². The summed E-state index contributed by atoms with van der Waals surface area (Å²) >= 11 is 5.77. The fourth-order valence-electron chi connectivity index (χ4n) is 3.21. The number of rotatable bonds is 2. The first-order chi connectivity index (χ1) is 12.7. The molecule has 0 spiro atoms. The van der Waals surface area contributed by atoms with Crippen molar-refractivity contribution in [2.75, 3.05) is 43.1 Å². The number of hydrogen-bond donors (Lipinski definition) is 1. The lowest BCUT2D eigenvalue weighted by Crippen LogP contribution is -2.41. The lowest BCUT2D eigenvalue weighted by molar-refractivity contribution is 0.122. The molecule has 0 bridgehead atoms. The van der Waals surface area contributed by atoms with E-state index < -0.39 is 0 Å². The molecule has 2 aliphatic heterocycles. The van der Waals surface area contributed by atoms with Crippen LogP contribution < -0.4 is 10.2 Å². The van der Waals surface area contributed by atoms with Crippen molar-refractivity contribution < 1.29 is 9.53 Å². The molecule has 0 aliphatic carbocycles. The molecule has 2 aromatic rings. The fraction of sp³-hybridized carbons (Fsp3) is 0.412. The van der Waals surface area contributed by atoms with E-state index >= 15 is 0 Å². The summed E-state index contributed by atoms with van der Waals surface area (Å²) in [5.74, 6) is 0.972. The standard InChI is InChI=1S/C17H19ClN6O2/c18-15-2-1-12(9-19-15)22-17(25)24-4-3-13-14(10-24)20-11-21-16(13)23-5-7-26-8-6-23/h1-2,9,11H,3-8,10H2,(H,22,25). The van der Waals surface area contributed by atoms with E-state index in [0.29, 0.717) is 37.1 Å². The third-order valence-corrected chi connectivity index (χ3v) is 4.78. The molecule has 2 amide bonds. The highest BCUT2D eigenvalue weighted by molar-refractivity contribution is 6.29. The van der Waals surface area contributed by atoms with Gasteiger partial charge in [-0.2, -0.15) is 0 Å². The summed E-state index contributed by atoms with van der Waals surface area (Å²) in [6, 6.07) is 3.19. The monoisotopic (exact) mass is 374 g/mol. The highest BCUT2D eigenvalue weighted by Crippen LogP contribution is 2.26. The number of fused-ring (bicyclic) bond motifs is 1. The van der Waals surface area contributed by atoms with Gasteiger partial charge in [-0.05, 0) is 18.6 Å². The van der Waals surface area contributed by atoms with Crippen LogP contribution in [0.1, 0.15) is 11.3 Å². The quantitative estimate of drug-likeness (QED) is 0.809. The number of pyridine rings is 1. The van der Waals surface area contributed by atoms with E-state index in [1.807, 2.05) is 0 Å². The third-order valence-electron chi connectivity index (χ3n) is 4.56. The molecular weight excluding hydrogens is 356 g/mol. The zero-order valence-corrected chi connectivity index (χ0v) is 14.9. The van der Waals surface area contributed by atoms with Gasteiger partial charge in [0.1, 0.15) is 17.3 Å². The molecule has 2 aliphatic rings. The van der Waals surface area contributed by atoms with Gasteiger partial charge in [-0.1, -0.05) is 11.6 Å². The van der Waals surface area contributed by atoms with Crippen LogP contribution in [0.5, 0.6) is 0 Å². The highest BCUT2D eigenvalue weighted by Gasteiger charge is 2.26. The lowest BCUT2D eigenvalue weighted by Gasteiger charge is -2.33. The van der Waals surface area contributed by atoms with Gasteiger partial charge >= 0.3 is 6.03 Å². The van der Waals surface area contributed by atoms with E-state index in [1.165, 1.54) is 6.20 Å². The van der Waals surface area contributed by atoms with Crippen LogP contribution in [0.15, 0.2) is 24.7 Å². The molecule has 9 heteroatoms. The molecule has 2 aromatic heterocycles. The number of carbonyl (C=O) groups is 1. The molecule has 0 atom stereocenters. The number of nitrogens with one attached hydrogen (secondary N) is 1. The normalized spacial score (nSPS) is 17.0. The molecule has 0 aromatic carbocycles. The molecular formula is C17H19ClN6O2. The van der Waals surface area contributed by atoms with Crippen LogP contribution in [0.4, 0.5) is 16.3 Å². The van der Waals surface area contributed by atoms with Crippen molar-refractivity contribution >= 4 is 29.1 Å². The molecule has 26 heavy (non-hydrogen) atoms. The number of amides is 2. The SMILES string of the molecule is O=C(Nc1ccc(Cl)nc1)N1CCc2c(ncnc2N2CCOCC2)C1. The van der Waals surface area contributed by atoms with Gasteiger partial charge in [0.2, 0.25) is 0 Å². The summed E-state index contributed by atoms with van der Waals surface area (Å²) in [6.45, 7) is 4.16. The Balaban J connectivity index is 1.47. The van der Waals surface area contributed by atoms with Crippen LogP contribution >= 0.6 is 11.6 Å². The molecule has 0 unspecified atom stereocenters. The van der Waals surface area contributed by atoms with Crippen molar-refractivity contribution in [1.82, 2.24) is 19.9 Å². The topological polar surface area (TPSA) is 83.5 Å². The first kappa shape index (κ1) is 17.0. The Morgan fingerprint density at radius 3 is 2.77 bits per heavy atom. The molecule has 1 saturated heterocycles. The van der Waals surface area contributed by atoms with Crippen LogP contribution in [0.2, 0.25) is 5.15 Å². The first-order valence-corrected chi connectivity index (χ1v) is 8.91. The number of morpholine rings is 1. The van der Waals surface area contributed by atoms with Crippen molar-refractivity contribution in [2.45, 2.75) is 13.0 Å². The minimum absolute atomic E-state index is 0.175. The Morgan fingerprint density at radius 1 is 1.15 bits per heavy atom. The average Bonchev–Trinajstić information content (AvgIpc) is 2.69. The molecule has 8 nitrogen and oxygen atoms in total. The van der Waals surface area contributed by atoms with E-state index in [9.17, 15) is 4.79 Å². The summed E-state index contributed by atoms with van der Waals surface area (Å²) in [5, 5.41) is 3.23. The molecule has 1 N–H and O–H groups in total. The number of ether oxygens (including phenoxy) is 1. The number of aromatic nitrogens is 3. The van der Waals surface area contributed by atoms with E-state index in [-0.39, 0.29) is 6.03 Å². The van der Waals surface area contributed by atoms with E-state index in [1.54, 1.807) is 23.4 Å². The lowest BCUT2D eigenvalue weighted by atomic mass is 10.1.